The van der Waals surface area contributed by atoms with E-state index in [1.165, 1.54) is 48.8 Å². The Morgan fingerprint density at radius 2 is 1.25 bits per heavy atom. The van der Waals surface area contributed by atoms with Gasteiger partial charge in [0.25, 0.3) is 0 Å². The topological polar surface area (TPSA) is 0 Å². The molecule has 0 bridgehead atoms. The van der Waals surface area contributed by atoms with Crippen LogP contribution in [0, 0.1) is 44.3 Å². The molecule has 0 spiro atoms. The van der Waals surface area contributed by atoms with Gasteiger partial charge in [0.2, 0.25) is 0 Å². The fourth-order valence-corrected chi connectivity index (χ4v) is 11.5. The molecular weight excluding hydrogens is 480 g/mol. The zero-order valence-electron chi connectivity index (χ0n) is 26.2. The van der Waals surface area contributed by atoms with Gasteiger partial charge in [0.15, 0.2) is 0 Å². The van der Waals surface area contributed by atoms with Crippen molar-refractivity contribution < 1.29 is 0 Å². The third kappa shape index (κ3) is 2.51. The van der Waals surface area contributed by atoms with Gasteiger partial charge in [-0.25, -0.2) is 0 Å². The van der Waals surface area contributed by atoms with Crippen molar-refractivity contribution >= 4 is 0 Å². The second-order valence-corrected chi connectivity index (χ2v) is 15.2. The monoisotopic (exact) mass is 528 g/mol. The van der Waals surface area contributed by atoms with Crippen LogP contribution in [0.4, 0.5) is 0 Å². The minimum Gasteiger partial charge on any atom is -0.0801 e. The molecule has 7 aliphatic carbocycles. The Hall–Kier alpha value is -2.34. The van der Waals surface area contributed by atoms with Crippen LogP contribution in [0.25, 0.3) is 0 Å². The minimum absolute atomic E-state index is 0.0700. The minimum atomic E-state index is -0.193. The van der Waals surface area contributed by atoms with Crippen molar-refractivity contribution in [3.05, 3.63) is 113 Å². The smallest absolute Gasteiger partial charge is 0.0210 e. The van der Waals surface area contributed by atoms with E-state index in [0.29, 0.717) is 0 Å². The maximum atomic E-state index is 4.42. The van der Waals surface area contributed by atoms with Crippen molar-refractivity contribution in [3.8, 4) is 0 Å². The number of allylic oxidation sites excluding steroid dienone is 18. The lowest BCUT2D eigenvalue weighted by Crippen LogP contribution is -2.75. The first-order valence-electron chi connectivity index (χ1n) is 15.9. The van der Waals surface area contributed by atoms with Gasteiger partial charge in [-0.15, -0.1) is 0 Å². The molecule has 3 fully saturated rings. The SMILES string of the molecule is CC1=C(C2=CC=CC2)C(=C2CCCCC2)C=C2[C]C3(C)C4(C)C=CC=CC4(C)C4(C)C=CC=CC4(C)C3(C)C21C. The highest BCUT2D eigenvalue weighted by Gasteiger charge is 2.84. The van der Waals surface area contributed by atoms with Gasteiger partial charge in [0, 0.05) is 33.5 Å². The number of hydrogen-bond acceptors (Lipinski definition) is 0. The molecule has 0 saturated heterocycles. The molecule has 0 N–H and O–H groups in total. The lowest BCUT2D eigenvalue weighted by Gasteiger charge is -2.79. The summed E-state index contributed by atoms with van der Waals surface area (Å²) in [6.45, 7) is 20.6. The summed E-state index contributed by atoms with van der Waals surface area (Å²) in [5.41, 5.74) is 8.48. The molecular formula is C40H48. The Balaban J connectivity index is 1.58. The van der Waals surface area contributed by atoms with Crippen molar-refractivity contribution in [1.29, 1.82) is 0 Å². The van der Waals surface area contributed by atoms with Crippen LogP contribution < -0.4 is 0 Å². The van der Waals surface area contributed by atoms with E-state index in [0.717, 1.165) is 6.42 Å². The maximum Gasteiger partial charge on any atom is 0.0210 e. The zero-order chi connectivity index (χ0) is 28.4. The molecule has 2 radical (unpaired) electrons. The molecule has 208 valence electrons. The summed E-state index contributed by atoms with van der Waals surface area (Å²) in [5, 5.41) is 0. The summed E-state index contributed by atoms with van der Waals surface area (Å²) in [7, 11) is 0. The highest BCUT2D eigenvalue weighted by molar-refractivity contribution is 5.69. The summed E-state index contributed by atoms with van der Waals surface area (Å²) in [4.78, 5) is 0. The van der Waals surface area contributed by atoms with Gasteiger partial charge < -0.3 is 0 Å². The third-order valence-electron chi connectivity index (χ3n) is 14.8. The van der Waals surface area contributed by atoms with E-state index in [1.54, 1.807) is 16.7 Å². The van der Waals surface area contributed by atoms with Gasteiger partial charge in [-0.05, 0) is 66.6 Å². The van der Waals surface area contributed by atoms with Gasteiger partial charge in [-0.2, -0.15) is 0 Å². The first-order chi connectivity index (χ1) is 18.9. The van der Waals surface area contributed by atoms with Crippen LogP contribution in [0.15, 0.2) is 106 Å². The van der Waals surface area contributed by atoms with Gasteiger partial charge in [-0.1, -0.05) is 145 Å². The zero-order valence-corrected chi connectivity index (χ0v) is 26.2. The Labute approximate surface area is 244 Å². The average molecular weight is 529 g/mol. The van der Waals surface area contributed by atoms with Crippen LogP contribution in [-0.2, 0) is 0 Å². The van der Waals surface area contributed by atoms with Crippen molar-refractivity contribution in [2.75, 3.05) is 0 Å². The summed E-state index contributed by atoms with van der Waals surface area (Å²) >= 11 is 0. The van der Waals surface area contributed by atoms with Crippen molar-refractivity contribution in [2.45, 2.75) is 93.9 Å². The number of hydrogen-bond donors (Lipinski definition) is 0. The lowest BCUT2D eigenvalue weighted by molar-refractivity contribution is -0.253. The third-order valence-corrected chi connectivity index (χ3v) is 14.8. The average Bonchev–Trinajstić information content (AvgIpc) is 3.54. The molecule has 0 amide bonds. The lowest BCUT2D eigenvalue weighted by atomic mass is 9.24. The Morgan fingerprint density at radius 1 is 0.675 bits per heavy atom. The second-order valence-electron chi connectivity index (χ2n) is 15.2. The van der Waals surface area contributed by atoms with Gasteiger partial charge in [0.05, 0.1) is 0 Å². The van der Waals surface area contributed by atoms with Crippen LogP contribution in [0.2, 0.25) is 0 Å². The molecule has 0 heteroatoms. The fourth-order valence-electron chi connectivity index (χ4n) is 11.5. The van der Waals surface area contributed by atoms with E-state index < -0.39 is 0 Å². The first kappa shape index (κ1) is 26.6. The molecule has 0 aromatic rings. The fraction of sp³-hybridized carbons (Fsp3) is 0.525. The molecule has 0 heterocycles. The largest absolute Gasteiger partial charge is 0.0801 e. The van der Waals surface area contributed by atoms with E-state index in [2.05, 4.69) is 135 Å². The number of rotatable bonds is 1. The Kier molecular flexibility index (Phi) is 5.27. The van der Waals surface area contributed by atoms with E-state index >= 15 is 0 Å². The van der Waals surface area contributed by atoms with E-state index in [4.69, 9.17) is 0 Å². The van der Waals surface area contributed by atoms with Gasteiger partial charge in [-0.3, -0.25) is 0 Å². The maximum absolute atomic E-state index is 4.42. The molecule has 0 nitrogen and oxygen atoms in total. The predicted octanol–water partition coefficient (Wildman–Crippen LogP) is 10.8. The molecule has 7 aliphatic rings. The molecule has 0 aromatic carbocycles. The molecule has 7 unspecified atom stereocenters. The predicted molar refractivity (Wildman–Crippen MR) is 169 cm³/mol. The van der Waals surface area contributed by atoms with Crippen LogP contribution >= 0.6 is 0 Å². The van der Waals surface area contributed by atoms with E-state index in [-0.39, 0.29) is 37.9 Å². The van der Waals surface area contributed by atoms with Crippen molar-refractivity contribution in [2.24, 2.45) is 37.9 Å². The molecule has 3 saturated carbocycles. The number of fused-ring (bicyclic) bond motifs is 8. The van der Waals surface area contributed by atoms with Crippen molar-refractivity contribution in [3.63, 3.8) is 0 Å². The quantitative estimate of drug-likeness (QED) is 0.317. The van der Waals surface area contributed by atoms with Crippen LogP contribution in [0.1, 0.15) is 93.9 Å². The normalized spacial score (nSPS) is 48.6. The molecule has 0 aliphatic heterocycles. The van der Waals surface area contributed by atoms with E-state index in [1.807, 2.05) is 0 Å². The first-order valence-corrected chi connectivity index (χ1v) is 15.9. The highest BCUT2D eigenvalue weighted by atomic mass is 14.9. The molecule has 7 atom stereocenters. The highest BCUT2D eigenvalue weighted by Crippen LogP contribution is 2.89. The Bertz CT molecular complexity index is 1470. The standard InChI is InChI=1S/C40H48/c1-28-33(30-20-12-13-21-30)32(29-18-10-9-11-19-29)26-31-27-38(6)36(4)24-15-14-22-34(36,2)35(3)23-16-17-25-37(35,5)40(38,8)39(28,31)7/h12-17,20,22-26H,9-11,18-19,21H2,1-8H3. The van der Waals surface area contributed by atoms with E-state index in [9.17, 15) is 0 Å². The molecule has 40 heavy (non-hydrogen) atoms. The summed E-state index contributed by atoms with van der Waals surface area (Å²) in [6.07, 6.45) is 41.2. The Morgan fingerprint density at radius 3 is 1.85 bits per heavy atom. The van der Waals surface area contributed by atoms with Gasteiger partial charge >= 0.3 is 0 Å². The van der Waals surface area contributed by atoms with Crippen molar-refractivity contribution in [1.82, 2.24) is 0 Å². The summed E-state index contributed by atoms with van der Waals surface area (Å²) in [6, 6.07) is 0. The van der Waals surface area contributed by atoms with Crippen LogP contribution in [0.3, 0.4) is 0 Å². The van der Waals surface area contributed by atoms with Crippen LogP contribution in [0.5, 0.6) is 0 Å². The molecule has 0 aromatic heterocycles. The summed E-state index contributed by atoms with van der Waals surface area (Å²) < 4.78 is 0. The van der Waals surface area contributed by atoms with Gasteiger partial charge in [0.1, 0.15) is 0 Å². The molecule has 7 rings (SSSR count). The summed E-state index contributed by atoms with van der Waals surface area (Å²) in [5.74, 6) is 0. The second kappa shape index (κ2) is 7.93. The van der Waals surface area contributed by atoms with Crippen LogP contribution in [-0.4, -0.2) is 0 Å².